The maximum atomic E-state index is 11.9. The lowest BCUT2D eigenvalue weighted by molar-refractivity contribution is 0.705. The van der Waals surface area contributed by atoms with Crippen molar-refractivity contribution in [1.82, 2.24) is 14.5 Å². The van der Waals surface area contributed by atoms with Crippen LogP contribution < -0.4 is 10.2 Å². The fourth-order valence-electron chi connectivity index (χ4n) is 1.88. The Labute approximate surface area is 116 Å². The van der Waals surface area contributed by atoms with Crippen LogP contribution in [-0.2, 0) is 6.54 Å². The number of anilines is 1. The molecule has 0 unspecified atom stereocenters. The third-order valence-corrected chi connectivity index (χ3v) is 3.93. The van der Waals surface area contributed by atoms with Gasteiger partial charge in [-0.05, 0) is 27.7 Å². The number of aryl methyl sites for hydroxylation is 2. The molecule has 1 N–H and O–H groups in total. The Kier molecular flexibility index (Phi) is 3.99. The molecule has 0 radical (unpaired) electrons. The van der Waals surface area contributed by atoms with Gasteiger partial charge in [-0.2, -0.15) is 0 Å². The van der Waals surface area contributed by atoms with Crippen LogP contribution in [0, 0.1) is 20.8 Å². The van der Waals surface area contributed by atoms with Crippen molar-refractivity contribution in [2.45, 2.75) is 34.2 Å². The lowest BCUT2D eigenvalue weighted by Crippen LogP contribution is -2.18. The van der Waals surface area contributed by atoms with E-state index in [1.807, 2.05) is 33.8 Å². The van der Waals surface area contributed by atoms with E-state index < -0.39 is 0 Å². The first-order valence-corrected chi connectivity index (χ1v) is 7.08. The van der Waals surface area contributed by atoms with Crippen LogP contribution in [-0.4, -0.2) is 21.1 Å². The van der Waals surface area contributed by atoms with E-state index in [4.69, 9.17) is 0 Å². The number of hydrogen-bond donors (Lipinski definition) is 1. The van der Waals surface area contributed by atoms with Crippen LogP contribution in [0.2, 0.25) is 0 Å². The smallest absolute Gasteiger partial charge is 0.307 e. The molecule has 102 valence electrons. The highest BCUT2D eigenvalue weighted by atomic mass is 32.1. The monoisotopic (exact) mass is 278 g/mol. The molecule has 19 heavy (non-hydrogen) atoms. The number of nitrogens with one attached hydrogen (secondary N) is 1. The summed E-state index contributed by atoms with van der Waals surface area (Å²) in [6.45, 7) is 9.10. The van der Waals surface area contributed by atoms with Crippen LogP contribution in [0.1, 0.15) is 29.0 Å². The lowest BCUT2D eigenvalue weighted by Gasteiger charge is -2.08. The summed E-state index contributed by atoms with van der Waals surface area (Å²) in [4.78, 5) is 21.8. The number of aromatic nitrogens is 3. The van der Waals surface area contributed by atoms with Crippen molar-refractivity contribution < 1.29 is 0 Å². The van der Waals surface area contributed by atoms with E-state index in [-0.39, 0.29) is 4.87 Å². The summed E-state index contributed by atoms with van der Waals surface area (Å²) < 4.78 is 1.73. The molecule has 5 nitrogen and oxygen atoms in total. The van der Waals surface area contributed by atoms with Gasteiger partial charge in [-0.25, -0.2) is 9.97 Å². The zero-order valence-corrected chi connectivity index (χ0v) is 12.5. The molecule has 0 spiro atoms. The van der Waals surface area contributed by atoms with Crippen LogP contribution in [0.25, 0.3) is 0 Å². The van der Waals surface area contributed by atoms with Crippen molar-refractivity contribution in [2.75, 3.05) is 11.9 Å². The molecule has 6 heteroatoms. The highest BCUT2D eigenvalue weighted by Crippen LogP contribution is 2.12. The predicted octanol–water partition coefficient (Wildman–Crippen LogP) is 2.11. The van der Waals surface area contributed by atoms with Gasteiger partial charge in [0.1, 0.15) is 5.82 Å². The van der Waals surface area contributed by atoms with Crippen molar-refractivity contribution in [3.8, 4) is 0 Å². The van der Waals surface area contributed by atoms with E-state index in [0.717, 1.165) is 28.6 Å². The van der Waals surface area contributed by atoms with Crippen molar-refractivity contribution in [3.05, 3.63) is 37.8 Å². The van der Waals surface area contributed by atoms with Gasteiger partial charge < -0.3 is 5.32 Å². The van der Waals surface area contributed by atoms with Crippen molar-refractivity contribution in [3.63, 3.8) is 0 Å². The third kappa shape index (κ3) is 3.01. The van der Waals surface area contributed by atoms with E-state index in [1.54, 1.807) is 4.57 Å². The summed E-state index contributed by atoms with van der Waals surface area (Å²) >= 11 is 1.27. The molecule has 2 aromatic rings. The van der Waals surface area contributed by atoms with Gasteiger partial charge in [0.05, 0.1) is 6.54 Å². The first-order chi connectivity index (χ1) is 9.01. The molecule has 0 amide bonds. The molecule has 0 aliphatic carbocycles. The maximum Gasteiger partial charge on any atom is 0.307 e. The van der Waals surface area contributed by atoms with E-state index >= 15 is 0 Å². The minimum Gasteiger partial charge on any atom is -0.370 e. The van der Waals surface area contributed by atoms with Gasteiger partial charge in [0, 0.05) is 28.9 Å². The second-order valence-corrected chi connectivity index (χ2v) is 5.60. The Morgan fingerprint density at radius 3 is 2.63 bits per heavy atom. The van der Waals surface area contributed by atoms with Gasteiger partial charge >= 0.3 is 4.87 Å². The first kappa shape index (κ1) is 13.7. The standard InChI is InChI=1S/C13H18N4OS/c1-5-14-11-6-8(2)15-12(16-11)7-17-9(3)10(4)19-13(17)18/h6H,5,7H2,1-4H3,(H,14,15,16). The highest BCUT2D eigenvalue weighted by molar-refractivity contribution is 7.09. The molecule has 0 bridgehead atoms. The number of nitrogens with zero attached hydrogens (tertiary/aromatic N) is 3. The summed E-state index contributed by atoms with van der Waals surface area (Å²) in [6, 6.07) is 1.90. The molecule has 0 aromatic carbocycles. The molecule has 0 saturated carbocycles. The quantitative estimate of drug-likeness (QED) is 0.930. The zero-order valence-electron chi connectivity index (χ0n) is 11.6. The molecule has 2 heterocycles. The predicted molar refractivity (Wildman–Crippen MR) is 78.1 cm³/mol. The van der Waals surface area contributed by atoms with Crippen molar-refractivity contribution >= 4 is 17.2 Å². The molecule has 2 rings (SSSR count). The Balaban J connectivity index is 2.35. The summed E-state index contributed by atoms with van der Waals surface area (Å²) in [6.07, 6.45) is 0. The van der Waals surface area contributed by atoms with Gasteiger partial charge in [0.15, 0.2) is 5.82 Å². The summed E-state index contributed by atoms with van der Waals surface area (Å²) in [5.41, 5.74) is 1.89. The molecule has 0 fully saturated rings. The Morgan fingerprint density at radius 1 is 1.32 bits per heavy atom. The fourth-order valence-corrected chi connectivity index (χ4v) is 2.72. The Bertz CT molecular complexity index is 645. The van der Waals surface area contributed by atoms with Gasteiger partial charge in [0.2, 0.25) is 0 Å². The fraction of sp³-hybridized carbons (Fsp3) is 0.462. The van der Waals surface area contributed by atoms with E-state index in [1.165, 1.54) is 11.3 Å². The maximum absolute atomic E-state index is 11.9. The minimum absolute atomic E-state index is 0.0464. The van der Waals surface area contributed by atoms with Crippen LogP contribution in [0.3, 0.4) is 0 Å². The van der Waals surface area contributed by atoms with Crippen molar-refractivity contribution in [2.24, 2.45) is 0 Å². The zero-order chi connectivity index (χ0) is 14.0. The van der Waals surface area contributed by atoms with Gasteiger partial charge in [-0.1, -0.05) is 11.3 Å². The average molecular weight is 278 g/mol. The molecular formula is C13H18N4OS. The topological polar surface area (TPSA) is 59.8 Å². The van der Waals surface area contributed by atoms with Gasteiger partial charge in [0.25, 0.3) is 0 Å². The summed E-state index contributed by atoms with van der Waals surface area (Å²) in [7, 11) is 0. The average Bonchev–Trinajstić information content (AvgIpc) is 2.56. The van der Waals surface area contributed by atoms with Crippen LogP contribution in [0.4, 0.5) is 5.82 Å². The van der Waals surface area contributed by atoms with E-state index in [9.17, 15) is 4.79 Å². The number of thiazole rings is 1. The molecular weight excluding hydrogens is 260 g/mol. The number of hydrogen-bond acceptors (Lipinski definition) is 5. The normalized spacial score (nSPS) is 10.7. The highest BCUT2D eigenvalue weighted by Gasteiger charge is 2.10. The summed E-state index contributed by atoms with van der Waals surface area (Å²) in [5.74, 6) is 1.47. The molecule has 2 aromatic heterocycles. The lowest BCUT2D eigenvalue weighted by atomic mass is 10.3. The molecule has 0 saturated heterocycles. The second-order valence-electron chi connectivity index (χ2n) is 4.44. The van der Waals surface area contributed by atoms with E-state index in [2.05, 4.69) is 15.3 Å². The van der Waals surface area contributed by atoms with Crippen LogP contribution >= 0.6 is 11.3 Å². The molecule has 0 aliphatic heterocycles. The van der Waals surface area contributed by atoms with E-state index in [0.29, 0.717) is 12.4 Å². The third-order valence-electron chi connectivity index (χ3n) is 2.93. The first-order valence-electron chi connectivity index (χ1n) is 6.26. The second kappa shape index (κ2) is 5.52. The largest absolute Gasteiger partial charge is 0.370 e. The Hall–Kier alpha value is -1.69. The van der Waals surface area contributed by atoms with Gasteiger partial charge in [-0.15, -0.1) is 0 Å². The SMILES string of the molecule is CCNc1cc(C)nc(Cn2c(C)c(C)sc2=O)n1. The molecule has 0 atom stereocenters. The number of rotatable bonds is 4. The van der Waals surface area contributed by atoms with Crippen molar-refractivity contribution in [1.29, 1.82) is 0 Å². The van der Waals surface area contributed by atoms with Crippen LogP contribution in [0.15, 0.2) is 10.9 Å². The molecule has 0 aliphatic rings. The summed E-state index contributed by atoms with van der Waals surface area (Å²) in [5, 5.41) is 3.17. The van der Waals surface area contributed by atoms with Crippen LogP contribution in [0.5, 0.6) is 0 Å². The Morgan fingerprint density at radius 2 is 2.05 bits per heavy atom. The van der Waals surface area contributed by atoms with Gasteiger partial charge in [-0.3, -0.25) is 9.36 Å². The minimum atomic E-state index is 0.0464.